The lowest BCUT2D eigenvalue weighted by molar-refractivity contribution is -0.117. The zero-order valence-electron chi connectivity index (χ0n) is 19.5. The van der Waals surface area contributed by atoms with Crippen molar-refractivity contribution in [1.82, 2.24) is 4.72 Å². The summed E-state index contributed by atoms with van der Waals surface area (Å²) in [5.41, 5.74) is 1.27. The van der Waals surface area contributed by atoms with Crippen LogP contribution >= 0.6 is 0 Å². The maximum absolute atomic E-state index is 13.2. The van der Waals surface area contributed by atoms with Crippen LogP contribution in [0.4, 0.5) is 11.4 Å². The lowest BCUT2D eigenvalue weighted by Crippen LogP contribution is -2.41. The number of ether oxygens (including phenoxy) is 1. The molecular formula is C25H31N3O5S. The van der Waals surface area contributed by atoms with Crippen LogP contribution in [-0.2, 0) is 14.8 Å². The van der Waals surface area contributed by atoms with Gasteiger partial charge in [-0.05, 0) is 68.0 Å². The highest BCUT2D eigenvalue weighted by Gasteiger charge is 2.30. The Bertz CT molecular complexity index is 1180. The van der Waals surface area contributed by atoms with Crippen molar-refractivity contribution in [2.24, 2.45) is 11.8 Å². The van der Waals surface area contributed by atoms with E-state index in [9.17, 15) is 18.0 Å². The Morgan fingerprint density at radius 1 is 0.941 bits per heavy atom. The van der Waals surface area contributed by atoms with Crippen molar-refractivity contribution in [1.29, 1.82) is 0 Å². The van der Waals surface area contributed by atoms with E-state index in [4.69, 9.17) is 4.74 Å². The lowest BCUT2D eigenvalue weighted by Gasteiger charge is -2.29. The molecule has 2 saturated carbocycles. The van der Waals surface area contributed by atoms with Crippen molar-refractivity contribution in [2.75, 3.05) is 17.7 Å². The van der Waals surface area contributed by atoms with E-state index >= 15 is 0 Å². The van der Waals surface area contributed by atoms with E-state index in [2.05, 4.69) is 22.3 Å². The Hall–Kier alpha value is -2.91. The molecule has 9 heteroatoms. The van der Waals surface area contributed by atoms with Gasteiger partial charge in [0, 0.05) is 28.9 Å². The zero-order chi connectivity index (χ0) is 24.3. The molecule has 2 amide bonds. The number of amides is 2. The molecule has 2 aliphatic carbocycles. The minimum atomic E-state index is -3.89. The number of methoxy groups -OCH3 is 1. The van der Waals surface area contributed by atoms with Crippen molar-refractivity contribution in [3.63, 3.8) is 0 Å². The summed E-state index contributed by atoms with van der Waals surface area (Å²) in [6.45, 7) is 2.05. The maximum Gasteiger partial charge on any atom is 0.255 e. The molecule has 2 aliphatic rings. The smallest absolute Gasteiger partial charge is 0.255 e. The van der Waals surface area contributed by atoms with Gasteiger partial charge in [0.05, 0.1) is 7.11 Å². The van der Waals surface area contributed by atoms with Crippen molar-refractivity contribution >= 4 is 33.2 Å². The molecule has 0 heterocycles. The van der Waals surface area contributed by atoms with Crippen LogP contribution in [0.3, 0.4) is 0 Å². The number of rotatable bonds is 8. The highest BCUT2D eigenvalue weighted by atomic mass is 32.2. The van der Waals surface area contributed by atoms with Gasteiger partial charge in [0.2, 0.25) is 15.9 Å². The fourth-order valence-corrected chi connectivity index (χ4v) is 5.82. The maximum atomic E-state index is 13.2. The van der Waals surface area contributed by atoms with Gasteiger partial charge in [-0.25, -0.2) is 13.1 Å². The lowest BCUT2D eigenvalue weighted by atomic mass is 9.87. The van der Waals surface area contributed by atoms with Crippen LogP contribution in [0.15, 0.2) is 47.4 Å². The normalized spacial score (nSPS) is 20.4. The minimum absolute atomic E-state index is 0.0201. The molecular weight excluding hydrogens is 454 g/mol. The van der Waals surface area contributed by atoms with E-state index in [1.165, 1.54) is 25.3 Å². The summed E-state index contributed by atoms with van der Waals surface area (Å²) in [4.78, 5) is 24.9. The molecule has 2 aromatic rings. The second kappa shape index (κ2) is 10.1. The SMILES string of the molecule is COc1ccc(C(=O)Nc2cccc(NC(=O)C3CC3)c2)cc1S(=O)(=O)N[C@@H]1CCCC[C@@H]1C. The molecule has 0 radical (unpaired) electrons. The van der Waals surface area contributed by atoms with Crippen LogP contribution in [0.5, 0.6) is 5.75 Å². The number of benzene rings is 2. The molecule has 4 rings (SSSR count). The fraction of sp³-hybridized carbons (Fsp3) is 0.440. The fourth-order valence-electron chi connectivity index (χ4n) is 4.25. The third-order valence-corrected chi connectivity index (χ3v) is 7.98. The number of carbonyl (C=O) groups excluding carboxylic acids is 2. The average Bonchev–Trinajstić information content (AvgIpc) is 3.66. The standard InChI is InChI=1S/C25H31N3O5S/c1-16-6-3-4-9-21(16)28-34(31,32)23-14-18(12-13-22(23)33-2)25(30)27-20-8-5-7-19(15-20)26-24(29)17-10-11-17/h5,7-8,12-17,21,28H,3-4,6,9-11H2,1-2H3,(H,26,29)(H,27,30)/t16-,21+/m0/s1. The first-order valence-electron chi connectivity index (χ1n) is 11.7. The Kier molecular flexibility index (Phi) is 7.23. The van der Waals surface area contributed by atoms with Gasteiger partial charge in [-0.3, -0.25) is 9.59 Å². The summed E-state index contributed by atoms with van der Waals surface area (Å²) in [5, 5.41) is 5.62. The van der Waals surface area contributed by atoms with Crippen molar-refractivity contribution in [2.45, 2.75) is 56.4 Å². The number of hydrogen-bond acceptors (Lipinski definition) is 5. The first-order valence-corrected chi connectivity index (χ1v) is 13.2. The molecule has 0 saturated heterocycles. The van der Waals surface area contributed by atoms with E-state index in [1.807, 2.05) is 0 Å². The Balaban J connectivity index is 1.51. The van der Waals surface area contributed by atoms with E-state index in [0.29, 0.717) is 11.4 Å². The topological polar surface area (TPSA) is 114 Å². The summed E-state index contributed by atoms with van der Waals surface area (Å²) >= 11 is 0. The van der Waals surface area contributed by atoms with Crippen LogP contribution in [0.25, 0.3) is 0 Å². The van der Waals surface area contributed by atoms with Crippen molar-refractivity contribution in [3.05, 3.63) is 48.0 Å². The highest BCUT2D eigenvalue weighted by Crippen LogP contribution is 2.31. The van der Waals surface area contributed by atoms with E-state index in [-0.39, 0.29) is 40.0 Å². The van der Waals surface area contributed by atoms with Gasteiger partial charge < -0.3 is 15.4 Å². The molecule has 2 atom stereocenters. The van der Waals surface area contributed by atoms with Crippen LogP contribution in [0, 0.1) is 11.8 Å². The number of sulfonamides is 1. The van der Waals surface area contributed by atoms with E-state index in [0.717, 1.165) is 38.5 Å². The molecule has 0 unspecified atom stereocenters. The molecule has 8 nitrogen and oxygen atoms in total. The third kappa shape index (κ3) is 5.77. The number of hydrogen-bond donors (Lipinski definition) is 3. The Morgan fingerprint density at radius 2 is 1.65 bits per heavy atom. The van der Waals surface area contributed by atoms with Gasteiger partial charge in [-0.2, -0.15) is 0 Å². The molecule has 2 aromatic carbocycles. The molecule has 0 aromatic heterocycles. The molecule has 0 aliphatic heterocycles. The van der Waals surface area contributed by atoms with Crippen molar-refractivity contribution in [3.8, 4) is 5.75 Å². The van der Waals surface area contributed by atoms with Gasteiger partial charge in [-0.15, -0.1) is 0 Å². The first kappa shape index (κ1) is 24.2. The van der Waals surface area contributed by atoms with E-state index < -0.39 is 15.9 Å². The predicted octanol–water partition coefficient (Wildman–Crippen LogP) is 4.15. The largest absolute Gasteiger partial charge is 0.495 e. The number of carbonyl (C=O) groups is 2. The van der Waals surface area contributed by atoms with Gasteiger partial charge >= 0.3 is 0 Å². The second-order valence-corrected chi connectivity index (χ2v) is 10.8. The molecule has 3 N–H and O–H groups in total. The van der Waals surface area contributed by atoms with Crippen LogP contribution < -0.4 is 20.1 Å². The van der Waals surface area contributed by atoms with Gasteiger partial charge in [0.25, 0.3) is 5.91 Å². The Labute approximate surface area is 200 Å². The summed E-state index contributed by atoms with van der Waals surface area (Å²) < 4.78 is 34.5. The van der Waals surface area contributed by atoms with Crippen LogP contribution in [0.1, 0.15) is 55.8 Å². The van der Waals surface area contributed by atoms with E-state index in [1.54, 1.807) is 24.3 Å². The van der Waals surface area contributed by atoms with Crippen LogP contribution in [-0.4, -0.2) is 33.4 Å². The van der Waals surface area contributed by atoms with Gasteiger partial charge in [0.15, 0.2) is 0 Å². The number of nitrogens with one attached hydrogen (secondary N) is 3. The summed E-state index contributed by atoms with van der Waals surface area (Å²) in [6.07, 6.45) is 5.66. The third-order valence-electron chi connectivity index (χ3n) is 6.47. The average molecular weight is 486 g/mol. The first-order chi connectivity index (χ1) is 16.3. The monoisotopic (exact) mass is 485 g/mol. The number of anilines is 2. The molecule has 2 fully saturated rings. The minimum Gasteiger partial charge on any atom is -0.495 e. The Morgan fingerprint density at radius 3 is 2.32 bits per heavy atom. The predicted molar refractivity (Wildman–Crippen MR) is 130 cm³/mol. The van der Waals surface area contributed by atoms with Gasteiger partial charge in [-0.1, -0.05) is 25.8 Å². The van der Waals surface area contributed by atoms with Crippen molar-refractivity contribution < 1.29 is 22.7 Å². The summed E-state index contributed by atoms with van der Waals surface area (Å²) in [5.74, 6) is 0.0122. The van der Waals surface area contributed by atoms with Gasteiger partial charge in [0.1, 0.15) is 10.6 Å². The second-order valence-electron chi connectivity index (χ2n) is 9.15. The highest BCUT2D eigenvalue weighted by molar-refractivity contribution is 7.89. The quantitative estimate of drug-likeness (QED) is 0.520. The van der Waals surface area contributed by atoms with Crippen LogP contribution in [0.2, 0.25) is 0 Å². The summed E-state index contributed by atoms with van der Waals surface area (Å²) in [6, 6.07) is 11.1. The molecule has 0 spiro atoms. The molecule has 34 heavy (non-hydrogen) atoms. The molecule has 0 bridgehead atoms. The zero-order valence-corrected chi connectivity index (χ0v) is 20.3. The summed E-state index contributed by atoms with van der Waals surface area (Å²) in [7, 11) is -2.49. The molecule has 182 valence electrons.